The van der Waals surface area contributed by atoms with E-state index in [1.165, 1.54) is 7.11 Å². The summed E-state index contributed by atoms with van der Waals surface area (Å²) in [5.74, 6) is 0.607. The van der Waals surface area contributed by atoms with Gasteiger partial charge in [0.15, 0.2) is 0 Å². The van der Waals surface area contributed by atoms with Crippen molar-refractivity contribution in [3.05, 3.63) is 29.8 Å². The zero-order chi connectivity index (χ0) is 12.9. The number of alkyl halides is 3. The van der Waals surface area contributed by atoms with Crippen LogP contribution in [0.4, 0.5) is 13.2 Å². The van der Waals surface area contributed by atoms with Crippen LogP contribution >= 0.6 is 0 Å². The fourth-order valence-electron chi connectivity index (χ4n) is 1.50. The van der Waals surface area contributed by atoms with E-state index in [0.29, 0.717) is 11.3 Å². The standard InChI is InChI=1S/C12H15F3O2/c1-3-17-11(8-12(13,14)15)9-4-6-10(16-2)7-5-9/h4-7,11H,3,8H2,1-2H3. The van der Waals surface area contributed by atoms with Crippen LogP contribution in [0.15, 0.2) is 24.3 Å². The highest BCUT2D eigenvalue weighted by atomic mass is 19.4. The van der Waals surface area contributed by atoms with Gasteiger partial charge in [0, 0.05) is 6.61 Å². The Morgan fingerprint density at radius 3 is 2.18 bits per heavy atom. The van der Waals surface area contributed by atoms with Crippen LogP contribution in [0.5, 0.6) is 5.75 Å². The normalized spacial score (nSPS) is 13.5. The van der Waals surface area contributed by atoms with Crippen LogP contribution in [0.2, 0.25) is 0 Å². The molecular weight excluding hydrogens is 233 g/mol. The summed E-state index contributed by atoms with van der Waals surface area (Å²) in [4.78, 5) is 0. The molecule has 0 aliphatic carbocycles. The molecule has 17 heavy (non-hydrogen) atoms. The lowest BCUT2D eigenvalue weighted by Gasteiger charge is -2.19. The smallest absolute Gasteiger partial charge is 0.391 e. The Morgan fingerprint density at radius 2 is 1.76 bits per heavy atom. The molecule has 1 rings (SSSR count). The minimum Gasteiger partial charge on any atom is -0.497 e. The average molecular weight is 248 g/mol. The van der Waals surface area contributed by atoms with Crippen molar-refractivity contribution in [1.82, 2.24) is 0 Å². The molecule has 0 saturated heterocycles. The summed E-state index contributed by atoms with van der Waals surface area (Å²) >= 11 is 0. The van der Waals surface area contributed by atoms with Crippen LogP contribution in [0.1, 0.15) is 25.0 Å². The molecule has 0 saturated carbocycles. The summed E-state index contributed by atoms with van der Waals surface area (Å²) in [7, 11) is 1.50. The first-order valence-electron chi connectivity index (χ1n) is 5.28. The van der Waals surface area contributed by atoms with E-state index in [0.717, 1.165) is 0 Å². The van der Waals surface area contributed by atoms with Crippen molar-refractivity contribution in [1.29, 1.82) is 0 Å². The van der Waals surface area contributed by atoms with Crippen LogP contribution in [0.25, 0.3) is 0 Å². The lowest BCUT2D eigenvalue weighted by Crippen LogP contribution is -2.16. The van der Waals surface area contributed by atoms with E-state index in [4.69, 9.17) is 9.47 Å². The van der Waals surface area contributed by atoms with Gasteiger partial charge in [-0.15, -0.1) is 0 Å². The summed E-state index contributed by atoms with van der Waals surface area (Å²) < 4.78 is 47.1. The van der Waals surface area contributed by atoms with Crippen LogP contribution in [0, 0.1) is 0 Å². The molecule has 1 unspecified atom stereocenters. The maximum atomic E-state index is 12.4. The van der Waals surface area contributed by atoms with E-state index in [9.17, 15) is 13.2 Å². The minimum atomic E-state index is -4.24. The Bertz CT molecular complexity index is 333. The number of halogens is 3. The van der Waals surface area contributed by atoms with Gasteiger partial charge in [-0.25, -0.2) is 0 Å². The van der Waals surface area contributed by atoms with Crippen LogP contribution in [-0.4, -0.2) is 19.9 Å². The second-order valence-electron chi connectivity index (χ2n) is 3.54. The van der Waals surface area contributed by atoms with Crippen molar-refractivity contribution >= 4 is 0 Å². The number of hydrogen-bond acceptors (Lipinski definition) is 2. The van der Waals surface area contributed by atoms with Gasteiger partial charge in [0.05, 0.1) is 19.6 Å². The van der Waals surface area contributed by atoms with E-state index in [2.05, 4.69) is 0 Å². The fraction of sp³-hybridized carbons (Fsp3) is 0.500. The first-order valence-corrected chi connectivity index (χ1v) is 5.28. The number of methoxy groups -OCH3 is 1. The summed E-state index contributed by atoms with van der Waals surface area (Å²) in [6, 6.07) is 6.42. The zero-order valence-corrected chi connectivity index (χ0v) is 9.75. The summed E-state index contributed by atoms with van der Waals surface area (Å²) in [6.07, 6.45) is -6.17. The number of hydrogen-bond donors (Lipinski definition) is 0. The molecule has 2 nitrogen and oxygen atoms in total. The van der Waals surface area contributed by atoms with E-state index in [1.807, 2.05) is 0 Å². The first kappa shape index (κ1) is 13.8. The van der Waals surface area contributed by atoms with Gasteiger partial charge in [-0.3, -0.25) is 0 Å². The highest BCUT2D eigenvalue weighted by Gasteiger charge is 2.33. The van der Waals surface area contributed by atoms with Gasteiger partial charge in [0.2, 0.25) is 0 Å². The topological polar surface area (TPSA) is 18.5 Å². The summed E-state index contributed by atoms with van der Waals surface area (Å²) in [6.45, 7) is 1.92. The van der Waals surface area contributed by atoms with Crippen molar-refractivity contribution in [2.75, 3.05) is 13.7 Å². The van der Waals surface area contributed by atoms with Gasteiger partial charge in [-0.2, -0.15) is 13.2 Å². The lowest BCUT2D eigenvalue weighted by molar-refractivity contribution is -0.161. The largest absolute Gasteiger partial charge is 0.497 e. The molecule has 0 spiro atoms. The average Bonchev–Trinajstić information content (AvgIpc) is 2.27. The monoisotopic (exact) mass is 248 g/mol. The number of benzene rings is 1. The van der Waals surface area contributed by atoms with Crippen molar-refractivity contribution in [2.45, 2.75) is 25.6 Å². The van der Waals surface area contributed by atoms with E-state index in [1.54, 1.807) is 31.2 Å². The third-order valence-corrected chi connectivity index (χ3v) is 2.27. The maximum absolute atomic E-state index is 12.4. The molecule has 0 N–H and O–H groups in total. The highest BCUT2D eigenvalue weighted by Crippen LogP contribution is 2.32. The molecule has 1 atom stereocenters. The van der Waals surface area contributed by atoms with Crippen LogP contribution in [0.3, 0.4) is 0 Å². The van der Waals surface area contributed by atoms with E-state index in [-0.39, 0.29) is 6.61 Å². The predicted molar refractivity (Wildman–Crippen MR) is 58.0 cm³/mol. The van der Waals surface area contributed by atoms with E-state index < -0.39 is 18.7 Å². The Labute approximate surface area is 98.3 Å². The molecule has 0 heterocycles. The Kier molecular flexibility index (Phi) is 4.81. The molecule has 1 aromatic carbocycles. The lowest BCUT2D eigenvalue weighted by atomic mass is 10.1. The maximum Gasteiger partial charge on any atom is 0.391 e. The number of ether oxygens (including phenoxy) is 2. The quantitative estimate of drug-likeness (QED) is 0.790. The Balaban J connectivity index is 2.81. The van der Waals surface area contributed by atoms with Gasteiger partial charge >= 0.3 is 6.18 Å². The second-order valence-corrected chi connectivity index (χ2v) is 3.54. The molecule has 0 amide bonds. The van der Waals surface area contributed by atoms with Gasteiger partial charge < -0.3 is 9.47 Å². The van der Waals surface area contributed by atoms with Crippen LogP contribution in [-0.2, 0) is 4.74 Å². The van der Waals surface area contributed by atoms with Gasteiger partial charge in [-0.05, 0) is 24.6 Å². The number of rotatable bonds is 5. The molecule has 0 bridgehead atoms. The summed E-state index contributed by atoms with van der Waals surface area (Å²) in [5.41, 5.74) is 0.505. The minimum absolute atomic E-state index is 0.243. The molecule has 0 aromatic heterocycles. The molecule has 0 aliphatic heterocycles. The molecular formula is C12H15F3O2. The molecule has 0 radical (unpaired) electrons. The van der Waals surface area contributed by atoms with Crippen molar-refractivity contribution in [2.24, 2.45) is 0 Å². The van der Waals surface area contributed by atoms with Crippen LogP contribution < -0.4 is 4.74 Å². The SMILES string of the molecule is CCOC(CC(F)(F)F)c1ccc(OC)cc1. The van der Waals surface area contributed by atoms with Gasteiger partial charge in [0.25, 0.3) is 0 Å². The van der Waals surface area contributed by atoms with Crippen molar-refractivity contribution in [3.63, 3.8) is 0 Å². The molecule has 1 aromatic rings. The second kappa shape index (κ2) is 5.91. The predicted octanol–water partition coefficient (Wildman–Crippen LogP) is 3.73. The Morgan fingerprint density at radius 1 is 1.18 bits per heavy atom. The zero-order valence-electron chi connectivity index (χ0n) is 9.75. The third kappa shape index (κ3) is 4.65. The molecule has 0 aliphatic rings. The van der Waals surface area contributed by atoms with Crippen molar-refractivity contribution < 1.29 is 22.6 Å². The highest BCUT2D eigenvalue weighted by molar-refractivity contribution is 5.28. The third-order valence-electron chi connectivity index (χ3n) is 2.27. The Hall–Kier alpha value is -1.23. The molecule has 96 valence electrons. The molecule has 0 fully saturated rings. The molecule has 5 heteroatoms. The summed E-state index contributed by atoms with van der Waals surface area (Å²) in [5, 5.41) is 0. The van der Waals surface area contributed by atoms with Crippen molar-refractivity contribution in [3.8, 4) is 5.75 Å². The first-order chi connectivity index (χ1) is 7.96. The van der Waals surface area contributed by atoms with E-state index >= 15 is 0 Å². The van der Waals surface area contributed by atoms with Gasteiger partial charge in [-0.1, -0.05) is 12.1 Å². The van der Waals surface area contributed by atoms with Gasteiger partial charge in [0.1, 0.15) is 5.75 Å². The fourth-order valence-corrected chi connectivity index (χ4v) is 1.50.